The quantitative estimate of drug-likeness (QED) is 0.0410. The first kappa shape index (κ1) is 52.9. The number of benzene rings is 6. The third-order valence-corrected chi connectivity index (χ3v) is 16.2. The van der Waals surface area contributed by atoms with E-state index in [2.05, 4.69) is 210 Å². The van der Waals surface area contributed by atoms with Gasteiger partial charge in [-0.2, -0.15) is 0 Å². The van der Waals surface area contributed by atoms with Crippen molar-refractivity contribution < 1.29 is 42.8 Å². The Morgan fingerprint density at radius 2 is 0.500 bits per heavy atom. The van der Waals surface area contributed by atoms with E-state index in [0.717, 1.165) is 77.4 Å². The summed E-state index contributed by atoms with van der Waals surface area (Å²) in [7, 11) is -0.877. The van der Waals surface area contributed by atoms with Crippen LogP contribution < -0.4 is 31.8 Å². The molecule has 0 saturated heterocycles. The molecule has 0 N–H and O–H groups in total. The first-order valence-corrected chi connectivity index (χ1v) is 25.4. The zero-order chi connectivity index (χ0) is 42.0. The second-order valence-electron chi connectivity index (χ2n) is 13.3. The van der Waals surface area contributed by atoms with E-state index in [1.807, 2.05) is 0 Å². The van der Waals surface area contributed by atoms with Gasteiger partial charge in [-0.3, -0.25) is 4.79 Å². The van der Waals surface area contributed by atoms with E-state index >= 15 is 0 Å². The normalized spacial score (nSPS) is 10.4. The zero-order valence-corrected chi connectivity index (χ0v) is 39.9. The third kappa shape index (κ3) is 21.0. The van der Waals surface area contributed by atoms with Crippen LogP contribution in [0.5, 0.6) is 0 Å². The summed E-state index contributed by atoms with van der Waals surface area (Å²) in [5.74, 6) is 0. The molecule has 0 unspecified atom stereocenters. The molecule has 0 atom stereocenters. The molecule has 0 amide bonds. The molecule has 0 aromatic heterocycles. The topological polar surface area (TPSA) is 44.8 Å². The Hall–Kier alpha value is -3.22. The Bertz CT molecular complexity index is 1510. The van der Waals surface area contributed by atoms with Crippen LogP contribution in [0.1, 0.15) is 44.3 Å². The van der Waals surface area contributed by atoms with Gasteiger partial charge in [-0.25, -0.2) is 0 Å². The molecular weight excluding hydrogens is 884 g/mol. The van der Waals surface area contributed by atoms with Crippen LogP contribution in [0.3, 0.4) is 0 Å². The molecule has 0 fully saturated rings. The summed E-state index contributed by atoms with van der Waals surface area (Å²) in [6.45, 7) is 16.1. The summed E-state index contributed by atoms with van der Waals surface area (Å²) in [5.41, 5.74) is 0. The molecule has 6 rings (SSSR count). The van der Waals surface area contributed by atoms with Crippen molar-refractivity contribution in [3.8, 4) is 0 Å². The molecule has 0 aliphatic rings. The number of hydrogen-bond acceptors (Lipinski definition) is 4. The van der Waals surface area contributed by atoms with E-state index in [1.54, 1.807) is 0 Å². The first-order valence-electron chi connectivity index (χ1n) is 20.8. The number of ether oxygens (including phenoxy) is 3. The van der Waals surface area contributed by atoms with Crippen LogP contribution in [0.15, 0.2) is 182 Å². The summed E-state index contributed by atoms with van der Waals surface area (Å²) in [4.78, 5) is 7.50. The summed E-state index contributed by atoms with van der Waals surface area (Å²) in [5, 5.41) is 8.60. The van der Waals surface area contributed by atoms with Gasteiger partial charge in [0.05, 0.1) is 19.8 Å². The molecule has 0 bridgehead atoms. The molecule has 4 nitrogen and oxygen atoms in total. The van der Waals surface area contributed by atoms with Crippen molar-refractivity contribution in [3.05, 3.63) is 182 Å². The Kier molecular flexibility index (Phi) is 31.2. The van der Waals surface area contributed by atoms with Crippen molar-refractivity contribution in [1.29, 1.82) is 0 Å². The van der Waals surface area contributed by atoms with Crippen molar-refractivity contribution in [1.82, 2.24) is 0 Å². The van der Waals surface area contributed by atoms with E-state index in [0.29, 0.717) is 0 Å². The van der Waals surface area contributed by atoms with Gasteiger partial charge in [0.1, 0.15) is 0 Å². The fraction of sp³-hybridized carbons (Fsp3) is 0.288. The molecule has 60 heavy (non-hydrogen) atoms. The number of rotatable bonds is 21. The van der Waals surface area contributed by atoms with Crippen LogP contribution >= 0.6 is 23.8 Å². The molecule has 322 valence electrons. The summed E-state index contributed by atoms with van der Waals surface area (Å²) in [6, 6.07) is 64.8. The molecule has 0 aliphatic heterocycles. The Morgan fingerprint density at radius 3 is 0.650 bits per heavy atom. The predicted molar refractivity (Wildman–Crippen MR) is 264 cm³/mol. The van der Waals surface area contributed by atoms with E-state index in [-0.39, 0.29) is 47.5 Å². The van der Waals surface area contributed by atoms with Gasteiger partial charge < -0.3 is 18.5 Å². The second kappa shape index (κ2) is 35.4. The third-order valence-electron chi connectivity index (χ3n) is 8.83. The van der Waals surface area contributed by atoms with Gasteiger partial charge in [-0.15, -0.1) is 0 Å². The minimum atomic E-state index is -0.292. The first-order chi connectivity index (χ1) is 29.2. The van der Waals surface area contributed by atoms with Crippen LogP contribution in [0.2, 0.25) is 0 Å². The van der Waals surface area contributed by atoms with Gasteiger partial charge in [0, 0.05) is 19.8 Å². The van der Waals surface area contributed by atoms with Crippen molar-refractivity contribution in [3.63, 3.8) is 0 Å². The molecule has 0 spiro atoms. The number of carbonyl (C=O) groups excluding carboxylic acids is 1. The predicted octanol–water partition coefficient (Wildman–Crippen LogP) is 10.6. The van der Waals surface area contributed by atoms with E-state index in [9.17, 15) is 0 Å². The molecule has 8 heteroatoms. The minimum Gasteiger partial charge on any atom is -1.00 e. The Morgan fingerprint density at radius 1 is 0.333 bits per heavy atom. The van der Waals surface area contributed by atoms with Gasteiger partial charge in [0.25, 0.3) is 6.79 Å². The van der Waals surface area contributed by atoms with Gasteiger partial charge in [-0.05, 0) is 93.3 Å². The maximum absolute atomic E-state index is 7.50. The standard InChI is InChI=1S/3C17H21OP.CO.Rh.3H/c3*1-2-13-18-14-15-19(16-9-5-3-6-10-16)17-11-7-4-8-12-17;1-2;;;;/h3*3-12H,2,13-15H2,1H3;;;;;/q;;;;+3;3*-1. The molecule has 0 saturated carbocycles. The van der Waals surface area contributed by atoms with E-state index in [4.69, 9.17) is 19.0 Å². The molecule has 6 aromatic carbocycles. The van der Waals surface area contributed by atoms with Gasteiger partial charge in [-0.1, -0.05) is 203 Å². The van der Waals surface area contributed by atoms with Crippen LogP contribution in [0.25, 0.3) is 0 Å². The summed E-state index contributed by atoms with van der Waals surface area (Å²) in [6.07, 6.45) is 6.58. The maximum Gasteiger partial charge on any atom is 3.00 e. The monoisotopic (exact) mass is 950 g/mol. The van der Waals surface area contributed by atoms with Crippen molar-refractivity contribution in [2.75, 3.05) is 58.1 Å². The fourth-order valence-electron chi connectivity index (χ4n) is 6.08. The van der Waals surface area contributed by atoms with Gasteiger partial charge in [0.2, 0.25) is 0 Å². The molecule has 0 aliphatic carbocycles. The average molecular weight is 951 g/mol. The zero-order valence-electron chi connectivity index (χ0n) is 38.6. The summed E-state index contributed by atoms with van der Waals surface area (Å²) >= 11 is 0. The Balaban J connectivity index is 0. The largest absolute Gasteiger partial charge is 3.00 e. The second-order valence-corrected chi connectivity index (χ2v) is 20.3. The van der Waals surface area contributed by atoms with Crippen LogP contribution in [-0.2, 0) is 38.5 Å². The van der Waals surface area contributed by atoms with Crippen LogP contribution in [-0.4, -0.2) is 64.9 Å². The molecule has 2 radical (unpaired) electrons. The molecular formula is C52H66O4P3Rh. The smallest absolute Gasteiger partial charge is 1.00 e. The van der Waals surface area contributed by atoms with E-state index in [1.165, 1.54) is 31.8 Å². The SMILES string of the molecule is CCCOCCP(c1ccccc1)c1ccccc1.CCCOCCP(c1ccccc1)c1ccccc1.CCCOCCP(c1ccccc1)c1ccccc1.[C]=O.[H-].[H-].[H-].[Rh+3]. The van der Waals surface area contributed by atoms with Crippen LogP contribution in [0.4, 0.5) is 0 Å². The van der Waals surface area contributed by atoms with Crippen molar-refractivity contribution in [2.45, 2.75) is 40.0 Å². The number of hydrogen-bond donors (Lipinski definition) is 0. The van der Waals surface area contributed by atoms with E-state index < -0.39 is 0 Å². The average Bonchev–Trinajstić information content (AvgIpc) is 3.32. The fourth-order valence-corrected chi connectivity index (χ4v) is 12.6. The maximum atomic E-state index is 7.50. The molecule has 0 heterocycles. The van der Waals surface area contributed by atoms with Crippen molar-refractivity contribution in [2.24, 2.45) is 0 Å². The summed E-state index contributed by atoms with van der Waals surface area (Å²) < 4.78 is 17.0. The Labute approximate surface area is 383 Å². The van der Waals surface area contributed by atoms with Gasteiger partial charge in [0.15, 0.2) is 0 Å². The van der Waals surface area contributed by atoms with Crippen molar-refractivity contribution >= 4 is 62.4 Å². The molecule has 6 aromatic rings. The van der Waals surface area contributed by atoms with Crippen LogP contribution in [0, 0.1) is 0 Å². The minimum absolute atomic E-state index is 0. The van der Waals surface area contributed by atoms with Gasteiger partial charge >= 0.3 is 19.5 Å².